The Labute approximate surface area is 176 Å². The Kier molecular flexibility index (Phi) is 6.14. The van der Waals surface area contributed by atoms with Crippen LogP contribution < -0.4 is 5.32 Å². The lowest BCUT2D eigenvalue weighted by Crippen LogP contribution is -2.38. The molecule has 1 aromatic heterocycles. The van der Waals surface area contributed by atoms with E-state index in [9.17, 15) is 4.79 Å². The monoisotopic (exact) mass is 404 g/mol. The predicted molar refractivity (Wildman–Crippen MR) is 115 cm³/mol. The van der Waals surface area contributed by atoms with E-state index in [-0.39, 0.29) is 23.6 Å². The number of hydrogen-bond donors (Lipinski definition) is 1. The highest BCUT2D eigenvalue weighted by Crippen LogP contribution is 2.39. The minimum Gasteiger partial charge on any atom is -0.322 e. The molecule has 5 nitrogen and oxygen atoms in total. The molecule has 0 aliphatic carbocycles. The Morgan fingerprint density at radius 2 is 1.90 bits per heavy atom. The van der Waals surface area contributed by atoms with Crippen molar-refractivity contribution in [3.63, 3.8) is 0 Å². The van der Waals surface area contributed by atoms with E-state index in [0.29, 0.717) is 16.8 Å². The van der Waals surface area contributed by atoms with Gasteiger partial charge in [-0.25, -0.2) is 14.4 Å². The van der Waals surface area contributed by atoms with Crippen molar-refractivity contribution in [3.8, 4) is 0 Å². The zero-order valence-corrected chi connectivity index (χ0v) is 17.0. The van der Waals surface area contributed by atoms with Crippen molar-refractivity contribution in [1.29, 1.82) is 0 Å². The van der Waals surface area contributed by atoms with Crippen LogP contribution in [0.25, 0.3) is 0 Å². The molecule has 1 saturated heterocycles. The first-order chi connectivity index (χ1) is 14.6. The first-order valence-corrected chi connectivity index (χ1v) is 10.2. The Hall–Kier alpha value is -3.12. The van der Waals surface area contributed by atoms with Gasteiger partial charge in [0.1, 0.15) is 12.1 Å². The molecule has 1 aliphatic heterocycles. The summed E-state index contributed by atoms with van der Waals surface area (Å²) in [6.45, 7) is 1.78. The van der Waals surface area contributed by atoms with Crippen LogP contribution >= 0.6 is 0 Å². The predicted octanol–water partition coefficient (Wildman–Crippen LogP) is 4.15. The Morgan fingerprint density at radius 3 is 2.67 bits per heavy atom. The normalized spacial score (nSPS) is 19.4. The molecule has 1 N–H and O–H groups in total. The summed E-state index contributed by atoms with van der Waals surface area (Å²) in [5.74, 6) is -0.344. The fraction of sp³-hybridized carbons (Fsp3) is 0.292. The molecule has 30 heavy (non-hydrogen) atoms. The number of hydrogen-bond acceptors (Lipinski definition) is 4. The van der Waals surface area contributed by atoms with Crippen LogP contribution in [0.3, 0.4) is 0 Å². The van der Waals surface area contributed by atoms with Crippen molar-refractivity contribution in [2.24, 2.45) is 5.92 Å². The number of halogens is 1. The van der Waals surface area contributed by atoms with Gasteiger partial charge in [0.25, 0.3) is 5.91 Å². The average Bonchev–Trinajstić information content (AvgIpc) is 2.76. The van der Waals surface area contributed by atoms with Crippen LogP contribution in [0.4, 0.5) is 10.1 Å². The zero-order valence-electron chi connectivity index (χ0n) is 17.0. The van der Waals surface area contributed by atoms with Crippen LogP contribution in [0.15, 0.2) is 67.3 Å². The third-order valence-corrected chi connectivity index (χ3v) is 5.77. The summed E-state index contributed by atoms with van der Waals surface area (Å²) in [5, 5.41) is 2.89. The Morgan fingerprint density at radius 1 is 1.13 bits per heavy atom. The van der Waals surface area contributed by atoms with Crippen LogP contribution in [-0.4, -0.2) is 40.9 Å². The maximum Gasteiger partial charge on any atom is 0.258 e. The van der Waals surface area contributed by atoms with Gasteiger partial charge in [-0.1, -0.05) is 36.4 Å². The maximum atomic E-state index is 15.1. The highest BCUT2D eigenvalue weighted by molar-refractivity contribution is 6.04. The molecule has 2 atom stereocenters. The zero-order chi connectivity index (χ0) is 20.9. The SMILES string of the molecule is CN1CC[C@@H](c2c(F)cccc2NC(=O)c2cncnc2)[C@H](Cc2ccccc2)C1. The van der Waals surface area contributed by atoms with E-state index in [2.05, 4.69) is 39.4 Å². The van der Waals surface area contributed by atoms with Crippen LogP contribution in [-0.2, 0) is 6.42 Å². The number of aromatic nitrogens is 2. The molecule has 6 heteroatoms. The number of benzene rings is 2. The molecular weight excluding hydrogens is 379 g/mol. The summed E-state index contributed by atoms with van der Waals surface area (Å²) in [6, 6.07) is 15.2. The molecule has 0 unspecified atom stereocenters. The van der Waals surface area contributed by atoms with E-state index in [1.165, 1.54) is 30.4 Å². The van der Waals surface area contributed by atoms with Crippen molar-refractivity contribution in [3.05, 3.63) is 89.8 Å². The van der Waals surface area contributed by atoms with E-state index < -0.39 is 0 Å². The first-order valence-electron chi connectivity index (χ1n) is 10.2. The standard InChI is InChI=1S/C24H25FN4O/c1-29-11-10-20(18(15-29)12-17-6-3-2-4-7-17)23-21(25)8-5-9-22(23)28-24(30)19-13-26-16-27-14-19/h2-9,13-14,16,18,20H,10-12,15H2,1H3,(H,28,30)/t18-,20-/m1/s1. The number of anilines is 1. The van der Waals surface area contributed by atoms with Crippen molar-refractivity contribution in [1.82, 2.24) is 14.9 Å². The van der Waals surface area contributed by atoms with E-state index in [1.54, 1.807) is 12.1 Å². The maximum absolute atomic E-state index is 15.1. The topological polar surface area (TPSA) is 58.1 Å². The van der Waals surface area contributed by atoms with E-state index in [1.807, 2.05) is 18.2 Å². The van der Waals surface area contributed by atoms with Crippen molar-refractivity contribution in [2.75, 3.05) is 25.5 Å². The Bertz CT molecular complexity index is 997. The summed E-state index contributed by atoms with van der Waals surface area (Å²) < 4.78 is 15.1. The quantitative estimate of drug-likeness (QED) is 0.694. The molecule has 3 aromatic rings. The van der Waals surface area contributed by atoms with Gasteiger partial charge in [-0.15, -0.1) is 0 Å². The van der Waals surface area contributed by atoms with Gasteiger partial charge in [0.05, 0.1) is 5.56 Å². The number of rotatable bonds is 5. The molecule has 4 rings (SSSR count). The summed E-state index contributed by atoms with van der Waals surface area (Å²) >= 11 is 0. The van der Waals surface area contributed by atoms with Gasteiger partial charge in [-0.05, 0) is 56.0 Å². The van der Waals surface area contributed by atoms with Gasteiger partial charge in [0.15, 0.2) is 0 Å². The molecular formula is C24H25FN4O. The largest absolute Gasteiger partial charge is 0.322 e. The lowest BCUT2D eigenvalue weighted by molar-refractivity contribution is 0.102. The Balaban J connectivity index is 1.64. The lowest BCUT2D eigenvalue weighted by atomic mass is 9.76. The highest BCUT2D eigenvalue weighted by atomic mass is 19.1. The molecule has 0 bridgehead atoms. The number of likely N-dealkylation sites (tertiary alicyclic amines) is 1. The van der Waals surface area contributed by atoms with Gasteiger partial charge in [-0.2, -0.15) is 0 Å². The van der Waals surface area contributed by atoms with Crippen molar-refractivity contribution in [2.45, 2.75) is 18.8 Å². The van der Waals surface area contributed by atoms with Crippen LogP contribution in [0.1, 0.15) is 33.8 Å². The number of nitrogens with zero attached hydrogens (tertiary/aromatic N) is 3. The van der Waals surface area contributed by atoms with E-state index >= 15 is 4.39 Å². The summed E-state index contributed by atoms with van der Waals surface area (Å²) in [6.07, 6.45) is 5.98. The minimum atomic E-state index is -0.338. The molecule has 2 heterocycles. The van der Waals surface area contributed by atoms with Crippen LogP contribution in [0, 0.1) is 11.7 Å². The summed E-state index contributed by atoms with van der Waals surface area (Å²) in [5.41, 5.74) is 2.70. The average molecular weight is 404 g/mol. The van der Waals surface area contributed by atoms with Crippen molar-refractivity contribution >= 4 is 11.6 Å². The number of carbonyl (C=O) groups excluding carboxylic acids is 1. The third kappa shape index (κ3) is 4.54. The second-order valence-electron chi connectivity index (χ2n) is 7.89. The first kappa shape index (κ1) is 20.2. The van der Waals surface area contributed by atoms with Gasteiger partial charge < -0.3 is 10.2 Å². The van der Waals surface area contributed by atoms with Gasteiger partial charge in [0.2, 0.25) is 0 Å². The molecule has 1 aliphatic rings. The number of carbonyl (C=O) groups is 1. The van der Waals surface area contributed by atoms with Crippen molar-refractivity contribution < 1.29 is 9.18 Å². The number of piperidine rings is 1. The fourth-order valence-electron chi connectivity index (χ4n) is 4.35. The van der Waals surface area contributed by atoms with E-state index in [4.69, 9.17) is 0 Å². The molecule has 2 aromatic carbocycles. The van der Waals surface area contributed by atoms with Gasteiger partial charge >= 0.3 is 0 Å². The summed E-state index contributed by atoms with van der Waals surface area (Å²) in [4.78, 5) is 22.7. The highest BCUT2D eigenvalue weighted by Gasteiger charge is 2.32. The second-order valence-corrected chi connectivity index (χ2v) is 7.89. The molecule has 0 saturated carbocycles. The smallest absolute Gasteiger partial charge is 0.258 e. The van der Waals surface area contributed by atoms with E-state index in [0.717, 1.165) is 25.9 Å². The number of nitrogens with one attached hydrogen (secondary N) is 1. The molecule has 1 amide bonds. The van der Waals surface area contributed by atoms with Gasteiger partial charge in [-0.3, -0.25) is 4.79 Å². The molecule has 0 radical (unpaired) electrons. The molecule has 154 valence electrons. The minimum absolute atomic E-state index is 0.0185. The van der Waals surface area contributed by atoms with Crippen LogP contribution in [0.5, 0.6) is 0 Å². The van der Waals surface area contributed by atoms with Crippen LogP contribution in [0.2, 0.25) is 0 Å². The third-order valence-electron chi connectivity index (χ3n) is 5.77. The fourth-order valence-corrected chi connectivity index (χ4v) is 4.35. The molecule has 0 spiro atoms. The summed E-state index contributed by atoms with van der Waals surface area (Å²) in [7, 11) is 2.10. The second kappa shape index (κ2) is 9.13. The molecule has 1 fully saturated rings. The van der Waals surface area contributed by atoms with Gasteiger partial charge in [0, 0.05) is 30.2 Å². The number of amides is 1. The lowest BCUT2D eigenvalue weighted by Gasteiger charge is -2.38.